The Kier molecular flexibility index (Phi) is 6.81. The summed E-state index contributed by atoms with van der Waals surface area (Å²) in [4.78, 5) is 11.8. The number of nitrogens with zero attached hydrogens (tertiary/aromatic N) is 4. The summed E-state index contributed by atoms with van der Waals surface area (Å²) >= 11 is 0. The molecule has 5 rings (SSSR count). The summed E-state index contributed by atoms with van der Waals surface area (Å²) in [5.74, 6) is 3.11. The van der Waals surface area contributed by atoms with Gasteiger partial charge in [-0.2, -0.15) is 4.98 Å². The fraction of sp³-hybridized carbons (Fsp3) is 0.519. The van der Waals surface area contributed by atoms with Crippen LogP contribution >= 0.6 is 0 Å². The minimum Gasteiger partial charge on any atom is -0.492 e. The maximum Gasteiger partial charge on any atom is 0.258 e. The van der Waals surface area contributed by atoms with Gasteiger partial charge < -0.3 is 14.0 Å². The van der Waals surface area contributed by atoms with Crippen LogP contribution < -0.4 is 9.47 Å². The molecule has 3 aromatic rings. The molecular weight excluding hydrogens is 428 g/mol. The third-order valence-electron chi connectivity index (χ3n) is 7.07. The number of benzene rings is 1. The van der Waals surface area contributed by atoms with Gasteiger partial charge in [0.15, 0.2) is 0 Å². The maximum absolute atomic E-state index is 6.19. The van der Waals surface area contributed by atoms with Crippen molar-refractivity contribution in [1.29, 1.82) is 0 Å². The Hall–Kier alpha value is -2.93. The Labute approximate surface area is 201 Å². The molecule has 0 unspecified atom stereocenters. The summed E-state index contributed by atoms with van der Waals surface area (Å²) in [6.45, 7) is 8.30. The van der Waals surface area contributed by atoms with Crippen LogP contribution in [0.2, 0.25) is 0 Å². The van der Waals surface area contributed by atoms with Crippen molar-refractivity contribution in [3.05, 3.63) is 41.1 Å². The van der Waals surface area contributed by atoms with E-state index in [4.69, 9.17) is 19.0 Å². The molecule has 1 aromatic carbocycles. The van der Waals surface area contributed by atoms with E-state index < -0.39 is 0 Å². The molecule has 7 nitrogen and oxygen atoms in total. The van der Waals surface area contributed by atoms with Gasteiger partial charge in [0.05, 0.1) is 7.11 Å². The second-order valence-electron chi connectivity index (χ2n) is 9.41. The number of aryl methyl sites for hydroxylation is 2. The highest BCUT2D eigenvalue weighted by atomic mass is 16.5. The Bertz CT molecular complexity index is 1130. The lowest BCUT2D eigenvalue weighted by molar-refractivity contribution is 0.146. The van der Waals surface area contributed by atoms with Gasteiger partial charge in [0.25, 0.3) is 5.89 Å². The van der Waals surface area contributed by atoms with Crippen molar-refractivity contribution in [2.45, 2.75) is 58.3 Å². The predicted molar refractivity (Wildman–Crippen MR) is 131 cm³/mol. The fourth-order valence-electron chi connectivity index (χ4n) is 4.97. The summed E-state index contributed by atoms with van der Waals surface area (Å²) in [5, 5.41) is 4.29. The highest BCUT2D eigenvalue weighted by Gasteiger charge is 2.22. The van der Waals surface area contributed by atoms with E-state index >= 15 is 0 Å². The molecule has 0 bridgehead atoms. The van der Waals surface area contributed by atoms with Crippen LogP contribution in [0, 0.1) is 6.92 Å². The van der Waals surface area contributed by atoms with Crippen LogP contribution in [0.1, 0.15) is 61.8 Å². The first-order chi connectivity index (χ1) is 16.6. The largest absolute Gasteiger partial charge is 0.492 e. The summed E-state index contributed by atoms with van der Waals surface area (Å²) < 4.78 is 17.4. The first kappa shape index (κ1) is 22.8. The molecule has 0 atom stereocenters. The van der Waals surface area contributed by atoms with Crippen LogP contribution in [-0.4, -0.2) is 53.4 Å². The summed E-state index contributed by atoms with van der Waals surface area (Å²) in [5.41, 5.74) is 5.10. The van der Waals surface area contributed by atoms with Crippen molar-refractivity contribution in [3.63, 3.8) is 0 Å². The summed E-state index contributed by atoms with van der Waals surface area (Å²) in [6, 6.07) is 8.16. The number of ether oxygens (including phenoxy) is 2. The zero-order valence-electron chi connectivity index (χ0n) is 20.5. The van der Waals surface area contributed by atoms with Crippen LogP contribution in [0.4, 0.5) is 0 Å². The average molecular weight is 463 g/mol. The van der Waals surface area contributed by atoms with Crippen LogP contribution in [0.15, 0.2) is 28.8 Å². The standard InChI is InChI=1S/C27H34N4O3/c1-4-19-15-22(14-18(2)25(19)33-13-12-31-10-7-11-31)27-29-26(30-34-27)21-16-23(20-8-5-6-9-20)28-24(17-21)32-3/h14-17,20H,4-13H2,1-3H3. The van der Waals surface area contributed by atoms with Gasteiger partial charge in [-0.1, -0.05) is 24.9 Å². The van der Waals surface area contributed by atoms with E-state index in [9.17, 15) is 0 Å². The molecule has 0 amide bonds. The van der Waals surface area contributed by atoms with Crippen molar-refractivity contribution < 1.29 is 14.0 Å². The van der Waals surface area contributed by atoms with Crippen molar-refractivity contribution >= 4 is 0 Å². The van der Waals surface area contributed by atoms with Gasteiger partial charge in [0.2, 0.25) is 11.7 Å². The predicted octanol–water partition coefficient (Wildman–Crippen LogP) is 5.42. The lowest BCUT2D eigenvalue weighted by atomic mass is 10.0. The van der Waals surface area contributed by atoms with Crippen molar-refractivity contribution in [2.24, 2.45) is 0 Å². The summed E-state index contributed by atoms with van der Waals surface area (Å²) in [7, 11) is 1.65. The first-order valence-corrected chi connectivity index (χ1v) is 12.5. The molecule has 2 aliphatic rings. The second kappa shape index (κ2) is 10.1. The minimum atomic E-state index is 0.476. The lowest BCUT2D eigenvalue weighted by Crippen LogP contribution is -2.39. The number of hydrogen-bond donors (Lipinski definition) is 0. The third-order valence-corrected chi connectivity index (χ3v) is 7.07. The quantitative estimate of drug-likeness (QED) is 0.420. The van der Waals surface area contributed by atoms with E-state index in [0.717, 1.165) is 46.7 Å². The number of methoxy groups -OCH3 is 1. The zero-order chi connectivity index (χ0) is 23.5. The molecule has 0 N–H and O–H groups in total. The highest BCUT2D eigenvalue weighted by molar-refractivity contribution is 5.64. The van der Waals surface area contributed by atoms with Crippen LogP contribution in [-0.2, 0) is 6.42 Å². The molecule has 3 heterocycles. The van der Waals surface area contributed by atoms with Gasteiger partial charge in [-0.15, -0.1) is 0 Å². The maximum atomic E-state index is 6.19. The first-order valence-electron chi connectivity index (χ1n) is 12.5. The van der Waals surface area contributed by atoms with Crippen LogP contribution in [0.25, 0.3) is 22.8 Å². The van der Waals surface area contributed by atoms with E-state index in [1.165, 1.54) is 45.2 Å². The van der Waals surface area contributed by atoms with E-state index in [-0.39, 0.29) is 0 Å². The van der Waals surface area contributed by atoms with E-state index in [1.54, 1.807) is 7.11 Å². The number of hydrogen-bond acceptors (Lipinski definition) is 7. The smallest absolute Gasteiger partial charge is 0.258 e. The van der Waals surface area contributed by atoms with Gasteiger partial charge in [-0.25, -0.2) is 4.98 Å². The normalized spacial score (nSPS) is 16.6. The van der Waals surface area contributed by atoms with Gasteiger partial charge in [0.1, 0.15) is 12.4 Å². The molecule has 7 heteroatoms. The van der Waals surface area contributed by atoms with Crippen LogP contribution in [0.5, 0.6) is 11.6 Å². The average Bonchev–Trinajstić information content (AvgIpc) is 3.53. The van der Waals surface area contributed by atoms with Crippen molar-refractivity contribution in [2.75, 3.05) is 33.4 Å². The Morgan fingerprint density at radius 3 is 2.56 bits per heavy atom. The number of likely N-dealkylation sites (tertiary alicyclic amines) is 1. The molecule has 0 radical (unpaired) electrons. The Morgan fingerprint density at radius 1 is 1.03 bits per heavy atom. The molecule has 1 saturated heterocycles. The van der Waals surface area contributed by atoms with E-state index in [1.807, 2.05) is 6.07 Å². The topological polar surface area (TPSA) is 73.5 Å². The molecule has 180 valence electrons. The lowest BCUT2D eigenvalue weighted by Gasteiger charge is -2.30. The van der Waals surface area contributed by atoms with Crippen molar-refractivity contribution in [1.82, 2.24) is 20.0 Å². The molecule has 1 aliphatic heterocycles. The van der Waals surface area contributed by atoms with Gasteiger partial charge >= 0.3 is 0 Å². The van der Waals surface area contributed by atoms with Gasteiger partial charge in [-0.05, 0) is 75.0 Å². The number of aromatic nitrogens is 3. The number of pyridine rings is 1. The monoisotopic (exact) mass is 462 g/mol. The molecule has 1 saturated carbocycles. The second-order valence-corrected chi connectivity index (χ2v) is 9.41. The van der Waals surface area contributed by atoms with E-state index in [2.05, 4.69) is 47.1 Å². The molecular formula is C27H34N4O3. The fourth-order valence-corrected chi connectivity index (χ4v) is 4.97. The summed E-state index contributed by atoms with van der Waals surface area (Å²) in [6.07, 6.45) is 7.02. The third kappa shape index (κ3) is 4.80. The van der Waals surface area contributed by atoms with E-state index in [0.29, 0.717) is 30.1 Å². The minimum absolute atomic E-state index is 0.476. The van der Waals surface area contributed by atoms with Crippen LogP contribution in [0.3, 0.4) is 0 Å². The van der Waals surface area contributed by atoms with Gasteiger partial charge in [0, 0.05) is 35.3 Å². The number of rotatable bonds is 9. The molecule has 34 heavy (non-hydrogen) atoms. The Morgan fingerprint density at radius 2 is 1.85 bits per heavy atom. The SMILES string of the molecule is CCc1cc(-c2nc(-c3cc(OC)nc(C4CCCC4)c3)no2)cc(C)c1OCCN1CCC1. The molecule has 0 spiro atoms. The molecule has 1 aliphatic carbocycles. The van der Waals surface area contributed by atoms with Gasteiger partial charge in [-0.3, -0.25) is 4.90 Å². The molecule has 2 aromatic heterocycles. The molecule has 2 fully saturated rings. The highest BCUT2D eigenvalue weighted by Crippen LogP contribution is 2.36. The van der Waals surface area contributed by atoms with Crippen molar-refractivity contribution in [3.8, 4) is 34.5 Å². The zero-order valence-corrected chi connectivity index (χ0v) is 20.5. The Balaban J connectivity index is 1.38.